The van der Waals surface area contributed by atoms with Crippen LogP contribution in [-0.2, 0) is 4.79 Å². The van der Waals surface area contributed by atoms with E-state index in [0.717, 1.165) is 13.1 Å². The van der Waals surface area contributed by atoms with Crippen LogP contribution in [0.1, 0.15) is 34.6 Å². The van der Waals surface area contributed by atoms with Gasteiger partial charge in [-0.1, -0.05) is 13.8 Å². The van der Waals surface area contributed by atoms with Crippen LogP contribution in [0.15, 0.2) is 0 Å². The van der Waals surface area contributed by atoms with Crippen molar-refractivity contribution in [3.63, 3.8) is 0 Å². The summed E-state index contributed by atoms with van der Waals surface area (Å²) in [5.41, 5.74) is 0. The zero-order valence-corrected chi connectivity index (χ0v) is 9.42. The molecule has 0 saturated carbocycles. The second-order valence-corrected chi connectivity index (χ2v) is 3.28. The Labute approximate surface area is 81.5 Å². The Balaban J connectivity index is 0.000000671. The predicted octanol–water partition coefficient (Wildman–Crippen LogP) is 1.24. The van der Waals surface area contributed by atoms with Crippen LogP contribution in [0.3, 0.4) is 0 Å². The molecule has 0 aliphatic carbocycles. The van der Waals surface area contributed by atoms with Crippen LogP contribution in [0, 0.1) is 0 Å². The number of hydrogen-bond acceptors (Lipinski definition) is 2. The summed E-state index contributed by atoms with van der Waals surface area (Å²) in [6, 6.07) is 0.687. The summed E-state index contributed by atoms with van der Waals surface area (Å²) in [5.74, 6) is 0.187. The lowest BCUT2D eigenvalue weighted by molar-refractivity contribution is -0.134. The summed E-state index contributed by atoms with van der Waals surface area (Å²) in [7, 11) is 0. The molecular weight excluding hydrogens is 164 g/mol. The van der Waals surface area contributed by atoms with Crippen LogP contribution < -0.4 is 5.32 Å². The third kappa shape index (κ3) is 3.35. The Hall–Kier alpha value is -0.570. The van der Waals surface area contributed by atoms with Gasteiger partial charge in [-0.25, -0.2) is 0 Å². The molecule has 0 aromatic carbocycles. The van der Waals surface area contributed by atoms with Crippen molar-refractivity contribution in [1.29, 1.82) is 0 Å². The topological polar surface area (TPSA) is 32.3 Å². The maximum atomic E-state index is 11.1. The fraction of sp³-hybridized carbons (Fsp3) is 0.900. The molecular formula is C10H22N2O. The minimum atomic E-state index is 0.187. The van der Waals surface area contributed by atoms with E-state index in [1.54, 1.807) is 6.92 Å². The summed E-state index contributed by atoms with van der Waals surface area (Å²) in [4.78, 5) is 13.1. The molecule has 1 aliphatic rings. The van der Waals surface area contributed by atoms with Crippen LogP contribution in [0.25, 0.3) is 0 Å². The van der Waals surface area contributed by atoms with Crippen molar-refractivity contribution in [1.82, 2.24) is 10.2 Å². The van der Waals surface area contributed by atoms with Gasteiger partial charge >= 0.3 is 0 Å². The molecule has 1 amide bonds. The fourth-order valence-electron chi connectivity index (χ4n) is 1.75. The quantitative estimate of drug-likeness (QED) is 0.617. The molecule has 1 aliphatic heterocycles. The third-order valence-corrected chi connectivity index (χ3v) is 2.19. The van der Waals surface area contributed by atoms with Gasteiger partial charge < -0.3 is 10.2 Å². The maximum absolute atomic E-state index is 11.1. The summed E-state index contributed by atoms with van der Waals surface area (Å²) < 4.78 is 0. The minimum Gasteiger partial charge on any atom is -0.335 e. The van der Waals surface area contributed by atoms with E-state index in [4.69, 9.17) is 0 Å². The molecule has 13 heavy (non-hydrogen) atoms. The van der Waals surface area contributed by atoms with E-state index in [0.29, 0.717) is 12.1 Å². The highest BCUT2D eigenvalue weighted by molar-refractivity contribution is 5.74. The standard InChI is InChI=1S/C8H16N2O.C2H6/c1-6-4-9-5-7(2)10(6)8(3)11;1-2/h6-7,9H,4-5H2,1-3H3;1-2H3. The average Bonchev–Trinajstić information content (AvgIpc) is 2.07. The molecule has 78 valence electrons. The van der Waals surface area contributed by atoms with Crippen LogP contribution in [0.5, 0.6) is 0 Å². The second kappa shape index (κ2) is 5.97. The Morgan fingerprint density at radius 2 is 1.62 bits per heavy atom. The van der Waals surface area contributed by atoms with Crippen LogP contribution in [0.4, 0.5) is 0 Å². The van der Waals surface area contributed by atoms with E-state index in [1.807, 2.05) is 18.7 Å². The molecule has 0 radical (unpaired) electrons. The zero-order chi connectivity index (χ0) is 10.4. The Bertz CT molecular complexity index is 149. The summed E-state index contributed by atoms with van der Waals surface area (Å²) in [6.45, 7) is 11.6. The average molecular weight is 186 g/mol. The van der Waals surface area contributed by atoms with E-state index in [1.165, 1.54) is 0 Å². The highest BCUT2D eigenvalue weighted by atomic mass is 16.2. The highest BCUT2D eigenvalue weighted by Crippen LogP contribution is 2.08. The van der Waals surface area contributed by atoms with Gasteiger partial charge in [0.1, 0.15) is 0 Å². The van der Waals surface area contributed by atoms with E-state index in [-0.39, 0.29) is 5.91 Å². The molecule has 2 atom stereocenters. The molecule has 1 fully saturated rings. The van der Waals surface area contributed by atoms with Gasteiger partial charge in [0.2, 0.25) is 5.91 Å². The summed E-state index contributed by atoms with van der Waals surface area (Å²) >= 11 is 0. The number of rotatable bonds is 0. The lowest BCUT2D eigenvalue weighted by Gasteiger charge is -2.38. The number of nitrogens with one attached hydrogen (secondary N) is 1. The molecule has 0 aromatic rings. The van der Waals surface area contributed by atoms with Gasteiger partial charge in [-0.05, 0) is 13.8 Å². The van der Waals surface area contributed by atoms with Crippen molar-refractivity contribution < 1.29 is 4.79 Å². The van der Waals surface area contributed by atoms with Crippen LogP contribution >= 0.6 is 0 Å². The van der Waals surface area contributed by atoms with Crippen molar-refractivity contribution in [3.05, 3.63) is 0 Å². The number of carbonyl (C=O) groups is 1. The number of hydrogen-bond donors (Lipinski definition) is 1. The van der Waals surface area contributed by atoms with Gasteiger partial charge in [0.05, 0.1) is 0 Å². The van der Waals surface area contributed by atoms with Crippen LogP contribution in [0.2, 0.25) is 0 Å². The zero-order valence-electron chi connectivity index (χ0n) is 9.42. The van der Waals surface area contributed by atoms with E-state index in [9.17, 15) is 4.79 Å². The highest BCUT2D eigenvalue weighted by Gasteiger charge is 2.25. The first-order chi connectivity index (χ1) is 6.13. The van der Waals surface area contributed by atoms with Crippen molar-refractivity contribution in [2.24, 2.45) is 0 Å². The molecule has 1 saturated heterocycles. The van der Waals surface area contributed by atoms with Gasteiger partial charge in [0.15, 0.2) is 0 Å². The van der Waals surface area contributed by atoms with Gasteiger partial charge in [-0.15, -0.1) is 0 Å². The maximum Gasteiger partial charge on any atom is 0.220 e. The Kier molecular flexibility index (Phi) is 5.71. The van der Waals surface area contributed by atoms with Gasteiger partial charge in [-0.2, -0.15) is 0 Å². The van der Waals surface area contributed by atoms with Crippen molar-refractivity contribution >= 4 is 5.91 Å². The van der Waals surface area contributed by atoms with Crippen molar-refractivity contribution in [2.75, 3.05) is 13.1 Å². The monoisotopic (exact) mass is 186 g/mol. The van der Waals surface area contributed by atoms with E-state index >= 15 is 0 Å². The van der Waals surface area contributed by atoms with Gasteiger partial charge in [0.25, 0.3) is 0 Å². The molecule has 0 bridgehead atoms. The number of nitrogens with zero attached hydrogens (tertiary/aromatic N) is 1. The third-order valence-electron chi connectivity index (χ3n) is 2.19. The molecule has 0 spiro atoms. The van der Waals surface area contributed by atoms with Crippen molar-refractivity contribution in [2.45, 2.75) is 46.7 Å². The van der Waals surface area contributed by atoms with Gasteiger partial charge in [-0.3, -0.25) is 4.79 Å². The minimum absolute atomic E-state index is 0.187. The first kappa shape index (κ1) is 12.4. The predicted molar refractivity (Wildman–Crippen MR) is 55.7 cm³/mol. The Morgan fingerprint density at radius 1 is 1.23 bits per heavy atom. The van der Waals surface area contributed by atoms with E-state index in [2.05, 4.69) is 19.2 Å². The SMILES string of the molecule is CC.CC(=O)N1C(C)CNCC1C. The molecule has 1 rings (SSSR count). The summed E-state index contributed by atoms with van der Waals surface area (Å²) in [6.07, 6.45) is 0. The lowest BCUT2D eigenvalue weighted by atomic mass is 10.1. The molecule has 1 N–H and O–H groups in total. The fourth-order valence-corrected chi connectivity index (χ4v) is 1.75. The second-order valence-electron chi connectivity index (χ2n) is 3.28. The largest absolute Gasteiger partial charge is 0.335 e. The molecule has 3 heteroatoms. The summed E-state index contributed by atoms with van der Waals surface area (Å²) in [5, 5.41) is 3.28. The number of amides is 1. The van der Waals surface area contributed by atoms with Crippen LogP contribution in [-0.4, -0.2) is 36.0 Å². The lowest BCUT2D eigenvalue weighted by Crippen LogP contribution is -2.56. The number of piperazine rings is 1. The smallest absolute Gasteiger partial charge is 0.220 e. The molecule has 0 aromatic heterocycles. The first-order valence-electron chi connectivity index (χ1n) is 5.12. The Morgan fingerprint density at radius 3 is 1.85 bits per heavy atom. The number of carbonyl (C=O) groups excluding carboxylic acids is 1. The first-order valence-corrected chi connectivity index (χ1v) is 5.12. The van der Waals surface area contributed by atoms with E-state index < -0.39 is 0 Å². The molecule has 2 unspecified atom stereocenters. The normalized spacial score (nSPS) is 27.6. The van der Waals surface area contributed by atoms with Gasteiger partial charge in [0, 0.05) is 32.1 Å². The molecule has 3 nitrogen and oxygen atoms in total. The molecule has 1 heterocycles. The van der Waals surface area contributed by atoms with Crippen molar-refractivity contribution in [3.8, 4) is 0 Å².